The Morgan fingerprint density at radius 3 is 2.75 bits per heavy atom. The second-order valence-corrected chi connectivity index (χ2v) is 6.83. The first-order valence-corrected chi connectivity index (χ1v) is 9.17. The average molecular weight is 415 g/mol. The molecule has 1 aromatic heterocycles. The highest BCUT2D eigenvalue weighted by Gasteiger charge is 2.33. The van der Waals surface area contributed by atoms with E-state index in [2.05, 4.69) is 10.1 Å². The molecule has 2 aromatic rings. The van der Waals surface area contributed by atoms with Crippen LogP contribution in [0.2, 0.25) is 0 Å². The number of thiophene rings is 1. The Labute approximate surface area is 162 Å². The first-order chi connectivity index (χ1) is 13.3. The van der Waals surface area contributed by atoms with Crippen molar-refractivity contribution in [3.05, 3.63) is 45.8 Å². The first kappa shape index (κ1) is 20.2. The highest BCUT2D eigenvalue weighted by molar-refractivity contribution is 7.17. The maximum Gasteiger partial charge on any atom is 0.573 e. The molecular formula is C18H16F3NO5S. The molecule has 2 heterocycles. The maximum absolute atomic E-state index is 12.6. The highest BCUT2D eigenvalue weighted by Crippen LogP contribution is 2.37. The van der Waals surface area contributed by atoms with Crippen LogP contribution in [-0.2, 0) is 22.5 Å². The Balaban J connectivity index is 1.93. The van der Waals surface area contributed by atoms with Gasteiger partial charge in [-0.25, -0.2) is 4.79 Å². The number of hydrogen-bond acceptors (Lipinski definition) is 6. The smallest absolute Gasteiger partial charge is 0.462 e. The van der Waals surface area contributed by atoms with E-state index in [1.807, 2.05) is 0 Å². The number of benzene rings is 1. The predicted molar refractivity (Wildman–Crippen MR) is 94.7 cm³/mol. The van der Waals surface area contributed by atoms with Crippen LogP contribution < -0.4 is 10.1 Å². The standard InChI is InChI=1S/C18H16F3NO5S/c1-2-26-17(24)14-11-7-8-25-9-13(11)28-16(14)22-15(23)10-5-3-4-6-12(10)27-18(19,20)21/h3-6H,2,7-9H2,1H3,(H,22,23). The van der Waals surface area contributed by atoms with E-state index >= 15 is 0 Å². The van der Waals surface area contributed by atoms with Crippen LogP contribution in [0.1, 0.15) is 38.1 Å². The number of fused-ring (bicyclic) bond motifs is 1. The molecule has 3 rings (SSSR count). The SMILES string of the molecule is CCOC(=O)c1c(NC(=O)c2ccccc2OC(F)(F)F)sc2c1CCOC2. The van der Waals surface area contributed by atoms with Gasteiger partial charge in [-0.05, 0) is 31.0 Å². The van der Waals surface area contributed by atoms with Crippen molar-refractivity contribution in [1.29, 1.82) is 0 Å². The van der Waals surface area contributed by atoms with Crippen LogP contribution in [0.25, 0.3) is 0 Å². The molecule has 1 aromatic carbocycles. The number of esters is 1. The van der Waals surface area contributed by atoms with E-state index in [0.29, 0.717) is 13.0 Å². The number of amides is 1. The van der Waals surface area contributed by atoms with Crippen molar-refractivity contribution in [1.82, 2.24) is 0 Å². The van der Waals surface area contributed by atoms with E-state index in [-0.39, 0.29) is 29.3 Å². The molecule has 1 N–H and O–H groups in total. The third-order valence-corrected chi connectivity index (χ3v) is 5.01. The van der Waals surface area contributed by atoms with E-state index in [9.17, 15) is 22.8 Å². The lowest BCUT2D eigenvalue weighted by molar-refractivity contribution is -0.274. The molecule has 0 radical (unpaired) electrons. The van der Waals surface area contributed by atoms with Crippen molar-refractivity contribution in [2.75, 3.05) is 18.5 Å². The summed E-state index contributed by atoms with van der Waals surface area (Å²) in [5, 5.41) is 2.73. The molecule has 10 heteroatoms. The normalized spacial score (nSPS) is 13.6. The zero-order chi connectivity index (χ0) is 20.3. The van der Waals surface area contributed by atoms with Crippen LogP contribution in [-0.4, -0.2) is 31.5 Å². The van der Waals surface area contributed by atoms with Gasteiger partial charge in [-0.3, -0.25) is 4.79 Å². The summed E-state index contributed by atoms with van der Waals surface area (Å²) in [7, 11) is 0. The van der Waals surface area contributed by atoms with Gasteiger partial charge in [0.15, 0.2) is 0 Å². The topological polar surface area (TPSA) is 73.9 Å². The molecule has 1 amide bonds. The fourth-order valence-electron chi connectivity index (χ4n) is 2.78. The third kappa shape index (κ3) is 4.45. The Morgan fingerprint density at radius 1 is 1.29 bits per heavy atom. The van der Waals surface area contributed by atoms with Crippen molar-refractivity contribution in [3.63, 3.8) is 0 Å². The van der Waals surface area contributed by atoms with Gasteiger partial charge in [0.05, 0.1) is 30.9 Å². The number of carbonyl (C=O) groups excluding carboxylic acids is 2. The van der Waals surface area contributed by atoms with Crippen molar-refractivity contribution in [2.45, 2.75) is 26.3 Å². The molecular weight excluding hydrogens is 399 g/mol. The van der Waals surface area contributed by atoms with Crippen LogP contribution in [0, 0.1) is 0 Å². The molecule has 150 valence electrons. The summed E-state index contributed by atoms with van der Waals surface area (Å²) in [6.07, 6.45) is -4.46. The Morgan fingerprint density at radius 2 is 2.04 bits per heavy atom. The van der Waals surface area contributed by atoms with Crippen molar-refractivity contribution >= 4 is 28.2 Å². The van der Waals surface area contributed by atoms with Gasteiger partial charge in [0.2, 0.25) is 0 Å². The third-order valence-electron chi connectivity index (χ3n) is 3.88. The average Bonchev–Trinajstić information content (AvgIpc) is 2.98. The second kappa shape index (κ2) is 8.19. The number of hydrogen-bond donors (Lipinski definition) is 1. The molecule has 0 saturated carbocycles. The zero-order valence-electron chi connectivity index (χ0n) is 14.7. The molecule has 6 nitrogen and oxygen atoms in total. The summed E-state index contributed by atoms with van der Waals surface area (Å²) < 4.78 is 52.1. The monoisotopic (exact) mass is 415 g/mol. The lowest BCUT2D eigenvalue weighted by Crippen LogP contribution is -2.21. The summed E-state index contributed by atoms with van der Waals surface area (Å²) in [6.45, 7) is 2.51. The number of para-hydroxylation sites is 1. The number of rotatable bonds is 5. The zero-order valence-corrected chi connectivity index (χ0v) is 15.5. The van der Waals surface area contributed by atoms with Crippen LogP contribution >= 0.6 is 11.3 Å². The summed E-state index contributed by atoms with van der Waals surface area (Å²) in [6, 6.07) is 4.99. The number of nitrogens with one attached hydrogen (secondary N) is 1. The molecule has 0 spiro atoms. The van der Waals surface area contributed by atoms with Gasteiger partial charge < -0.3 is 19.5 Å². The predicted octanol–water partition coefficient (Wildman–Crippen LogP) is 4.15. The maximum atomic E-state index is 12.6. The quantitative estimate of drug-likeness (QED) is 0.743. The summed E-state index contributed by atoms with van der Waals surface area (Å²) >= 11 is 1.14. The molecule has 0 saturated heterocycles. The van der Waals surface area contributed by atoms with Gasteiger partial charge in [0.25, 0.3) is 5.91 Å². The Bertz CT molecular complexity index is 894. The lowest BCUT2D eigenvalue weighted by atomic mass is 10.1. The first-order valence-electron chi connectivity index (χ1n) is 8.35. The van der Waals surface area contributed by atoms with E-state index in [1.54, 1.807) is 6.92 Å². The van der Waals surface area contributed by atoms with Crippen LogP contribution in [0.15, 0.2) is 24.3 Å². The minimum absolute atomic E-state index is 0.148. The molecule has 0 unspecified atom stereocenters. The Hall–Kier alpha value is -2.59. The summed E-state index contributed by atoms with van der Waals surface area (Å²) in [5.74, 6) is -2.06. The second-order valence-electron chi connectivity index (χ2n) is 5.73. The number of halogens is 3. The number of ether oxygens (including phenoxy) is 3. The molecule has 0 aliphatic carbocycles. The number of alkyl halides is 3. The van der Waals surface area contributed by atoms with Gasteiger partial charge in [0.1, 0.15) is 10.8 Å². The van der Waals surface area contributed by atoms with Crippen LogP contribution in [0.5, 0.6) is 5.75 Å². The lowest BCUT2D eigenvalue weighted by Gasteiger charge is -2.14. The molecule has 0 fully saturated rings. The molecule has 28 heavy (non-hydrogen) atoms. The minimum Gasteiger partial charge on any atom is -0.462 e. The van der Waals surface area contributed by atoms with E-state index in [1.165, 1.54) is 18.2 Å². The number of anilines is 1. The summed E-state index contributed by atoms with van der Waals surface area (Å²) in [5.41, 5.74) is 0.634. The van der Waals surface area contributed by atoms with Crippen molar-refractivity contribution in [2.24, 2.45) is 0 Å². The van der Waals surface area contributed by atoms with Gasteiger partial charge >= 0.3 is 12.3 Å². The van der Waals surface area contributed by atoms with E-state index < -0.39 is 24.0 Å². The minimum atomic E-state index is -4.94. The molecule has 0 bridgehead atoms. The largest absolute Gasteiger partial charge is 0.573 e. The molecule has 1 aliphatic heterocycles. The fraction of sp³-hybridized carbons (Fsp3) is 0.333. The number of carbonyl (C=O) groups is 2. The molecule has 0 atom stereocenters. The van der Waals surface area contributed by atoms with Gasteiger partial charge in [-0.1, -0.05) is 12.1 Å². The Kier molecular flexibility index (Phi) is 5.90. The fourth-order valence-corrected chi connectivity index (χ4v) is 3.95. The van der Waals surface area contributed by atoms with Crippen LogP contribution in [0.4, 0.5) is 18.2 Å². The van der Waals surface area contributed by atoms with Crippen LogP contribution in [0.3, 0.4) is 0 Å². The van der Waals surface area contributed by atoms with Gasteiger partial charge in [-0.15, -0.1) is 24.5 Å². The molecule has 1 aliphatic rings. The van der Waals surface area contributed by atoms with Gasteiger partial charge in [0, 0.05) is 4.88 Å². The van der Waals surface area contributed by atoms with Gasteiger partial charge in [-0.2, -0.15) is 0 Å². The highest BCUT2D eigenvalue weighted by atomic mass is 32.1. The van der Waals surface area contributed by atoms with Crippen molar-refractivity contribution in [3.8, 4) is 5.75 Å². The van der Waals surface area contributed by atoms with Crippen molar-refractivity contribution < 1.29 is 37.0 Å². The van der Waals surface area contributed by atoms with E-state index in [0.717, 1.165) is 27.8 Å². The summed E-state index contributed by atoms with van der Waals surface area (Å²) in [4.78, 5) is 25.8. The van der Waals surface area contributed by atoms with E-state index in [4.69, 9.17) is 9.47 Å².